The molecule has 1 heterocycles. The van der Waals surface area contributed by atoms with E-state index in [9.17, 15) is 26.4 Å². The Morgan fingerprint density at radius 1 is 1.16 bits per heavy atom. The quantitative estimate of drug-likeness (QED) is 0.445. The van der Waals surface area contributed by atoms with Crippen molar-refractivity contribution in [2.75, 3.05) is 36.8 Å². The molecule has 11 heteroatoms. The summed E-state index contributed by atoms with van der Waals surface area (Å²) in [5, 5.41) is 11.2. The number of nitrogens with zero attached hydrogens (tertiary/aromatic N) is 2. The summed E-state index contributed by atoms with van der Waals surface area (Å²) >= 11 is 0. The number of sulfonamides is 1. The highest BCUT2D eigenvalue weighted by atomic mass is 32.2. The van der Waals surface area contributed by atoms with E-state index < -0.39 is 39.7 Å². The molecule has 178 valence electrons. The van der Waals surface area contributed by atoms with Crippen molar-refractivity contribution in [3.63, 3.8) is 0 Å². The van der Waals surface area contributed by atoms with Crippen LogP contribution in [0, 0.1) is 11.8 Å². The first-order valence-electron chi connectivity index (χ1n) is 10.4. The summed E-state index contributed by atoms with van der Waals surface area (Å²) in [6, 6.07) is 3.70. The lowest BCUT2D eigenvalue weighted by Gasteiger charge is -2.35. The zero-order valence-corrected chi connectivity index (χ0v) is 18.7. The van der Waals surface area contributed by atoms with Crippen LogP contribution in [0.1, 0.15) is 38.2 Å². The molecule has 1 aromatic rings. The van der Waals surface area contributed by atoms with Crippen molar-refractivity contribution in [2.24, 2.45) is 0 Å². The maximum absolute atomic E-state index is 12.8. The van der Waals surface area contributed by atoms with Gasteiger partial charge in [0.2, 0.25) is 10.0 Å². The fourth-order valence-corrected chi connectivity index (χ4v) is 4.85. The van der Waals surface area contributed by atoms with Gasteiger partial charge in [-0.1, -0.05) is 25.7 Å². The van der Waals surface area contributed by atoms with Gasteiger partial charge in [0.15, 0.2) is 0 Å². The van der Waals surface area contributed by atoms with Gasteiger partial charge in [0.25, 0.3) is 0 Å². The molecule has 0 saturated carbocycles. The predicted molar refractivity (Wildman–Crippen MR) is 116 cm³/mol. The number of nitrogens with one attached hydrogen (secondary N) is 1. The molecule has 0 aliphatic carbocycles. The molecule has 0 bridgehead atoms. The molecule has 2 N–H and O–H groups in total. The van der Waals surface area contributed by atoms with Crippen LogP contribution in [0.4, 0.5) is 23.7 Å². The van der Waals surface area contributed by atoms with E-state index in [1.165, 1.54) is 16.4 Å². The Bertz CT molecular complexity index is 916. The summed E-state index contributed by atoms with van der Waals surface area (Å²) in [6.45, 7) is 2.96. The highest BCUT2D eigenvalue weighted by Crippen LogP contribution is 2.30. The van der Waals surface area contributed by atoms with Gasteiger partial charge in [-0.3, -0.25) is 0 Å². The normalized spacial score (nSPS) is 16.2. The summed E-state index contributed by atoms with van der Waals surface area (Å²) < 4.78 is 65.0. The van der Waals surface area contributed by atoms with Crippen molar-refractivity contribution in [3.8, 4) is 11.8 Å². The first-order chi connectivity index (χ1) is 15.0. The fraction of sp³-hybridized carbons (Fsp3) is 0.571. The number of halogens is 3. The second kappa shape index (κ2) is 11.4. The van der Waals surface area contributed by atoms with Gasteiger partial charge in [-0.2, -0.15) is 17.5 Å². The lowest BCUT2D eigenvalue weighted by molar-refractivity contribution is -0.137. The number of hydrogen-bond donors (Lipinski definition) is 2. The van der Waals surface area contributed by atoms with Gasteiger partial charge >= 0.3 is 12.3 Å². The van der Waals surface area contributed by atoms with Crippen LogP contribution in [-0.2, 0) is 16.2 Å². The molecular formula is C21H28F3N3O4S. The summed E-state index contributed by atoms with van der Waals surface area (Å²) in [7, 11) is -3.78. The molecule has 1 aromatic carbocycles. The van der Waals surface area contributed by atoms with E-state index in [4.69, 9.17) is 5.11 Å². The van der Waals surface area contributed by atoms with Crippen molar-refractivity contribution >= 4 is 21.8 Å². The third-order valence-electron chi connectivity index (χ3n) is 5.05. The van der Waals surface area contributed by atoms with Crippen LogP contribution in [0.5, 0.6) is 0 Å². The average molecular weight is 476 g/mol. The summed E-state index contributed by atoms with van der Waals surface area (Å²) in [5.74, 6) is 5.08. The minimum Gasteiger partial charge on any atom is -0.465 e. The number of piperazine rings is 1. The molecule has 2 rings (SSSR count). The lowest BCUT2D eigenvalue weighted by Crippen LogP contribution is -2.51. The third kappa shape index (κ3) is 7.91. The summed E-state index contributed by atoms with van der Waals surface area (Å²) in [5.41, 5.74) is -0.159. The minimum absolute atomic E-state index is 0.146. The van der Waals surface area contributed by atoms with E-state index in [-0.39, 0.29) is 13.1 Å². The van der Waals surface area contributed by atoms with Gasteiger partial charge in [0.05, 0.1) is 11.3 Å². The molecule has 1 aliphatic heterocycles. The highest BCUT2D eigenvalue weighted by Gasteiger charge is 2.32. The molecule has 1 saturated heterocycles. The number of alkyl halides is 3. The zero-order chi connectivity index (χ0) is 23.8. The van der Waals surface area contributed by atoms with Gasteiger partial charge in [-0.05, 0) is 30.7 Å². The molecule has 0 spiro atoms. The Hall–Kier alpha value is -2.45. The summed E-state index contributed by atoms with van der Waals surface area (Å²) in [6.07, 6.45) is -2.32. The van der Waals surface area contributed by atoms with E-state index in [0.717, 1.165) is 31.4 Å². The van der Waals surface area contributed by atoms with Crippen LogP contribution >= 0.6 is 0 Å². The number of benzene rings is 1. The zero-order valence-electron chi connectivity index (χ0n) is 17.9. The Balaban J connectivity index is 1.97. The largest absolute Gasteiger partial charge is 0.465 e. The molecular weight excluding hydrogens is 447 g/mol. The molecule has 1 aliphatic rings. The van der Waals surface area contributed by atoms with Crippen LogP contribution in [0.15, 0.2) is 24.3 Å². The number of amides is 1. The monoisotopic (exact) mass is 475 g/mol. The molecule has 1 unspecified atom stereocenters. The molecule has 1 fully saturated rings. The van der Waals surface area contributed by atoms with Crippen LogP contribution in [-0.4, -0.2) is 61.9 Å². The van der Waals surface area contributed by atoms with Crippen molar-refractivity contribution in [1.82, 2.24) is 9.62 Å². The maximum Gasteiger partial charge on any atom is 0.416 e. The van der Waals surface area contributed by atoms with Gasteiger partial charge in [0.1, 0.15) is 6.04 Å². The van der Waals surface area contributed by atoms with Gasteiger partial charge in [-0.25, -0.2) is 13.2 Å². The Labute approximate surface area is 186 Å². The van der Waals surface area contributed by atoms with Crippen molar-refractivity contribution in [1.29, 1.82) is 0 Å². The molecule has 1 amide bonds. The Morgan fingerprint density at radius 2 is 1.78 bits per heavy atom. The molecule has 1 atom stereocenters. The average Bonchev–Trinajstić information content (AvgIpc) is 2.72. The smallest absolute Gasteiger partial charge is 0.416 e. The standard InChI is InChI=1S/C21H28F3N3O4S/c1-2-3-4-5-6-7-18(25-20(28)29)16-32(30,31)27-14-12-26(13-15-27)19-10-8-17(9-11-19)21(22,23)24/h8-11,18,25H,2-5,12-16H2,1H3,(H,28,29). The second-order valence-electron chi connectivity index (χ2n) is 7.49. The maximum atomic E-state index is 12.8. The Morgan fingerprint density at radius 3 is 2.31 bits per heavy atom. The van der Waals surface area contributed by atoms with E-state index in [0.29, 0.717) is 25.2 Å². The number of anilines is 1. The number of unbranched alkanes of at least 4 members (excludes halogenated alkanes) is 3. The van der Waals surface area contributed by atoms with Crippen molar-refractivity contribution < 1.29 is 31.5 Å². The minimum atomic E-state index is -4.41. The van der Waals surface area contributed by atoms with Gasteiger partial charge in [0, 0.05) is 38.3 Å². The highest BCUT2D eigenvalue weighted by molar-refractivity contribution is 7.89. The predicted octanol–water partition coefficient (Wildman–Crippen LogP) is 3.38. The first-order valence-corrected chi connectivity index (χ1v) is 12.0. The molecule has 7 nitrogen and oxygen atoms in total. The van der Waals surface area contributed by atoms with Crippen LogP contribution < -0.4 is 10.2 Å². The van der Waals surface area contributed by atoms with Crippen LogP contribution in [0.2, 0.25) is 0 Å². The number of carbonyl (C=O) groups is 1. The van der Waals surface area contributed by atoms with E-state index >= 15 is 0 Å². The lowest BCUT2D eigenvalue weighted by atomic mass is 10.2. The molecule has 0 aromatic heterocycles. The first kappa shape index (κ1) is 25.8. The number of rotatable bonds is 8. The second-order valence-corrected chi connectivity index (χ2v) is 9.50. The van der Waals surface area contributed by atoms with Crippen molar-refractivity contribution in [3.05, 3.63) is 29.8 Å². The van der Waals surface area contributed by atoms with Crippen molar-refractivity contribution in [2.45, 2.75) is 44.8 Å². The van der Waals surface area contributed by atoms with Crippen LogP contribution in [0.3, 0.4) is 0 Å². The SMILES string of the molecule is CCCCCC#CC(CS(=O)(=O)N1CCN(c2ccc(C(F)(F)F)cc2)CC1)NC(=O)O. The molecule has 0 radical (unpaired) electrons. The fourth-order valence-electron chi connectivity index (χ4n) is 3.33. The van der Waals surface area contributed by atoms with Crippen LogP contribution in [0.25, 0.3) is 0 Å². The van der Waals surface area contributed by atoms with E-state index in [1.807, 2.05) is 11.8 Å². The van der Waals surface area contributed by atoms with Gasteiger partial charge < -0.3 is 15.3 Å². The van der Waals surface area contributed by atoms with E-state index in [2.05, 4.69) is 17.2 Å². The number of hydrogen-bond acceptors (Lipinski definition) is 4. The third-order valence-corrected chi connectivity index (χ3v) is 6.95. The van der Waals surface area contributed by atoms with Gasteiger partial charge in [-0.15, -0.1) is 5.92 Å². The Kier molecular flexibility index (Phi) is 9.21. The van der Waals surface area contributed by atoms with E-state index in [1.54, 1.807) is 0 Å². The topological polar surface area (TPSA) is 90.0 Å². The molecule has 32 heavy (non-hydrogen) atoms. The summed E-state index contributed by atoms with van der Waals surface area (Å²) in [4.78, 5) is 12.8. The number of carboxylic acid groups (broad SMARTS) is 1.